The van der Waals surface area contributed by atoms with E-state index in [-0.39, 0.29) is 6.42 Å². The van der Waals surface area contributed by atoms with Gasteiger partial charge in [-0.3, -0.25) is 4.79 Å². The molecule has 0 heterocycles. The van der Waals surface area contributed by atoms with Crippen LogP contribution in [0.2, 0.25) is 5.02 Å². The van der Waals surface area contributed by atoms with Crippen LogP contribution in [-0.4, -0.2) is 11.1 Å². The van der Waals surface area contributed by atoms with Gasteiger partial charge in [-0.15, -0.1) is 0 Å². The predicted octanol–water partition coefficient (Wildman–Crippen LogP) is 4.40. The molecule has 2 aromatic carbocycles. The summed E-state index contributed by atoms with van der Waals surface area (Å²) in [4.78, 5) is 10.8. The summed E-state index contributed by atoms with van der Waals surface area (Å²) >= 11 is 7.62. The zero-order valence-corrected chi connectivity index (χ0v) is 12.5. The minimum absolute atomic E-state index is 0.0810. The summed E-state index contributed by atoms with van der Waals surface area (Å²) in [5.74, 6) is 0.908. The summed E-state index contributed by atoms with van der Waals surface area (Å²) in [5.41, 5.74) is 3.20. The van der Waals surface area contributed by atoms with Crippen molar-refractivity contribution < 1.29 is 9.90 Å². The van der Waals surface area contributed by atoms with Crippen LogP contribution in [0.1, 0.15) is 16.7 Å². The molecule has 2 aromatic rings. The van der Waals surface area contributed by atoms with E-state index < -0.39 is 5.97 Å². The van der Waals surface area contributed by atoms with Gasteiger partial charge in [0.15, 0.2) is 0 Å². The number of rotatable bonds is 6. The minimum atomic E-state index is -0.792. The molecule has 2 rings (SSSR count). The molecule has 0 fully saturated rings. The first-order valence-electron chi connectivity index (χ1n) is 6.26. The van der Waals surface area contributed by atoms with Crippen molar-refractivity contribution in [2.24, 2.45) is 0 Å². The van der Waals surface area contributed by atoms with Crippen LogP contribution in [0.15, 0.2) is 48.5 Å². The van der Waals surface area contributed by atoms with Gasteiger partial charge in [-0.25, -0.2) is 0 Å². The number of halogens is 1. The molecule has 0 unspecified atom stereocenters. The van der Waals surface area contributed by atoms with Crippen molar-refractivity contribution >= 4 is 29.3 Å². The summed E-state index contributed by atoms with van der Waals surface area (Å²) in [6.07, 6.45) is 0.0810. The number of hydrogen-bond acceptors (Lipinski definition) is 2. The number of hydrogen-bond donors (Lipinski definition) is 1. The van der Waals surface area contributed by atoms with E-state index in [0.29, 0.717) is 0 Å². The van der Waals surface area contributed by atoms with Crippen molar-refractivity contribution in [3.8, 4) is 0 Å². The first-order valence-corrected chi connectivity index (χ1v) is 7.79. The van der Waals surface area contributed by atoms with Crippen LogP contribution >= 0.6 is 23.4 Å². The molecule has 0 aromatic heterocycles. The molecule has 104 valence electrons. The second kappa shape index (κ2) is 7.36. The normalized spacial score (nSPS) is 10.4. The van der Waals surface area contributed by atoms with E-state index in [9.17, 15) is 4.79 Å². The highest BCUT2D eigenvalue weighted by Crippen LogP contribution is 2.21. The molecule has 20 heavy (non-hydrogen) atoms. The van der Waals surface area contributed by atoms with E-state index in [4.69, 9.17) is 16.7 Å². The third-order valence-electron chi connectivity index (χ3n) is 2.90. The van der Waals surface area contributed by atoms with Crippen LogP contribution in [0.25, 0.3) is 0 Å². The number of benzene rings is 2. The fourth-order valence-corrected chi connectivity index (χ4v) is 3.05. The molecule has 0 atom stereocenters. The highest BCUT2D eigenvalue weighted by molar-refractivity contribution is 7.97. The molecule has 0 saturated carbocycles. The average Bonchev–Trinajstić information content (AvgIpc) is 2.42. The van der Waals surface area contributed by atoms with Gasteiger partial charge in [0.25, 0.3) is 0 Å². The maximum atomic E-state index is 10.8. The molecule has 0 bridgehead atoms. The standard InChI is InChI=1S/C16H15ClO2S/c17-15-7-5-12(6-8-15)10-20-11-14-4-2-1-3-13(14)9-16(18)19/h1-8H,9-11H2,(H,18,19). The SMILES string of the molecule is O=C(O)Cc1ccccc1CSCc1ccc(Cl)cc1. The molecule has 0 aliphatic heterocycles. The Morgan fingerprint density at radius 2 is 1.65 bits per heavy atom. The van der Waals surface area contributed by atoms with Crippen molar-refractivity contribution in [3.63, 3.8) is 0 Å². The zero-order valence-electron chi connectivity index (χ0n) is 10.9. The van der Waals surface area contributed by atoms with E-state index in [1.165, 1.54) is 5.56 Å². The van der Waals surface area contributed by atoms with Gasteiger partial charge in [0, 0.05) is 16.5 Å². The summed E-state index contributed by atoms with van der Waals surface area (Å²) in [6.45, 7) is 0. The van der Waals surface area contributed by atoms with Crippen molar-refractivity contribution in [3.05, 3.63) is 70.2 Å². The Morgan fingerprint density at radius 1 is 1.00 bits per heavy atom. The lowest BCUT2D eigenvalue weighted by atomic mass is 10.1. The van der Waals surface area contributed by atoms with E-state index in [1.807, 2.05) is 48.5 Å². The lowest BCUT2D eigenvalue weighted by molar-refractivity contribution is -0.136. The summed E-state index contributed by atoms with van der Waals surface area (Å²) in [5, 5.41) is 9.64. The molecule has 1 N–H and O–H groups in total. The summed E-state index contributed by atoms with van der Waals surface area (Å²) < 4.78 is 0. The van der Waals surface area contributed by atoms with Crippen LogP contribution in [0.4, 0.5) is 0 Å². The van der Waals surface area contributed by atoms with Crippen LogP contribution < -0.4 is 0 Å². The first kappa shape index (κ1) is 14.9. The molecule has 0 aliphatic carbocycles. The van der Waals surface area contributed by atoms with Gasteiger partial charge < -0.3 is 5.11 Å². The number of thioether (sulfide) groups is 1. The number of carboxylic acids is 1. The monoisotopic (exact) mass is 306 g/mol. The van der Waals surface area contributed by atoms with Crippen molar-refractivity contribution in [1.82, 2.24) is 0 Å². The minimum Gasteiger partial charge on any atom is -0.481 e. The Balaban J connectivity index is 1.93. The second-order valence-corrected chi connectivity index (χ2v) is 5.88. The molecule has 0 spiro atoms. The summed E-state index contributed by atoms with van der Waals surface area (Å²) in [7, 11) is 0. The molecule has 0 amide bonds. The molecule has 4 heteroatoms. The van der Waals surface area contributed by atoms with Gasteiger partial charge >= 0.3 is 5.97 Å². The second-order valence-electron chi connectivity index (χ2n) is 4.46. The highest BCUT2D eigenvalue weighted by atomic mass is 35.5. The van der Waals surface area contributed by atoms with Gasteiger partial charge in [-0.1, -0.05) is 48.0 Å². The fraction of sp³-hybridized carbons (Fsp3) is 0.188. The Morgan fingerprint density at radius 3 is 2.30 bits per heavy atom. The predicted molar refractivity (Wildman–Crippen MR) is 84.2 cm³/mol. The van der Waals surface area contributed by atoms with Crippen molar-refractivity contribution in [1.29, 1.82) is 0 Å². The third kappa shape index (κ3) is 4.58. The van der Waals surface area contributed by atoms with E-state index in [1.54, 1.807) is 11.8 Å². The smallest absolute Gasteiger partial charge is 0.307 e. The van der Waals surface area contributed by atoms with E-state index in [0.717, 1.165) is 27.7 Å². The molecule has 0 saturated heterocycles. The number of aliphatic carboxylic acids is 1. The number of carboxylic acid groups (broad SMARTS) is 1. The lowest BCUT2D eigenvalue weighted by Crippen LogP contribution is -2.02. The lowest BCUT2D eigenvalue weighted by Gasteiger charge is -2.07. The van der Waals surface area contributed by atoms with Crippen molar-refractivity contribution in [2.75, 3.05) is 0 Å². The topological polar surface area (TPSA) is 37.3 Å². The van der Waals surface area contributed by atoms with E-state index >= 15 is 0 Å². The molecule has 0 radical (unpaired) electrons. The Labute approximate surface area is 127 Å². The summed E-state index contributed by atoms with van der Waals surface area (Å²) in [6, 6.07) is 15.5. The van der Waals surface area contributed by atoms with Crippen molar-refractivity contribution in [2.45, 2.75) is 17.9 Å². The van der Waals surface area contributed by atoms with Crippen LogP contribution in [0.3, 0.4) is 0 Å². The molecular formula is C16H15ClO2S. The first-order chi connectivity index (χ1) is 9.65. The zero-order chi connectivity index (χ0) is 14.4. The van der Waals surface area contributed by atoms with E-state index in [2.05, 4.69) is 0 Å². The van der Waals surface area contributed by atoms with Gasteiger partial charge in [0.05, 0.1) is 6.42 Å². The molecule has 0 aliphatic rings. The van der Waals surface area contributed by atoms with Gasteiger partial charge in [0.1, 0.15) is 0 Å². The Hall–Kier alpha value is -1.45. The van der Waals surface area contributed by atoms with Crippen LogP contribution in [0, 0.1) is 0 Å². The quantitative estimate of drug-likeness (QED) is 0.859. The average molecular weight is 307 g/mol. The van der Waals surface area contributed by atoms with Gasteiger partial charge in [0.2, 0.25) is 0 Å². The Kier molecular flexibility index (Phi) is 5.50. The van der Waals surface area contributed by atoms with Gasteiger partial charge in [-0.2, -0.15) is 11.8 Å². The molecule has 2 nitrogen and oxygen atoms in total. The Bertz CT molecular complexity index is 581. The fourth-order valence-electron chi connectivity index (χ4n) is 1.89. The van der Waals surface area contributed by atoms with Gasteiger partial charge in [-0.05, 0) is 28.8 Å². The molecular weight excluding hydrogens is 292 g/mol. The maximum absolute atomic E-state index is 10.8. The number of carbonyl (C=O) groups is 1. The van der Waals surface area contributed by atoms with Crippen LogP contribution in [0.5, 0.6) is 0 Å². The van der Waals surface area contributed by atoms with Crippen LogP contribution in [-0.2, 0) is 22.7 Å². The third-order valence-corrected chi connectivity index (χ3v) is 4.20. The largest absolute Gasteiger partial charge is 0.481 e. The highest BCUT2D eigenvalue weighted by Gasteiger charge is 2.06. The maximum Gasteiger partial charge on any atom is 0.307 e.